The number of nitro groups is 1. The summed E-state index contributed by atoms with van der Waals surface area (Å²) in [5.41, 5.74) is 3.39. The third-order valence-electron chi connectivity index (χ3n) is 6.21. The predicted molar refractivity (Wildman–Crippen MR) is 138 cm³/mol. The van der Waals surface area contributed by atoms with Crippen molar-refractivity contribution in [2.75, 3.05) is 37.6 Å². The van der Waals surface area contributed by atoms with Crippen LogP contribution in [0, 0.1) is 10.1 Å². The number of non-ortho nitro benzene ring substituents is 1. The molecule has 1 heterocycles. The fourth-order valence-electron chi connectivity index (χ4n) is 4.21. The molecule has 1 saturated heterocycles. The Morgan fingerprint density at radius 3 is 2.25 bits per heavy atom. The van der Waals surface area contributed by atoms with Crippen molar-refractivity contribution >= 4 is 23.2 Å². The summed E-state index contributed by atoms with van der Waals surface area (Å²) in [4.78, 5) is 39.8. The highest BCUT2D eigenvalue weighted by Gasteiger charge is 2.18. The molecular weight excluding hydrogens is 458 g/mol. The lowest BCUT2D eigenvalue weighted by molar-refractivity contribution is -0.384. The molecule has 3 aromatic rings. The largest absolute Gasteiger partial charge is 0.369 e. The van der Waals surface area contributed by atoms with Gasteiger partial charge in [0.2, 0.25) is 5.91 Å². The van der Waals surface area contributed by atoms with Gasteiger partial charge in [0, 0.05) is 62.7 Å². The van der Waals surface area contributed by atoms with E-state index in [9.17, 15) is 19.7 Å². The van der Waals surface area contributed by atoms with Crippen molar-refractivity contribution in [2.45, 2.75) is 13.1 Å². The third-order valence-corrected chi connectivity index (χ3v) is 6.21. The maximum atomic E-state index is 12.3. The molecule has 1 aliphatic rings. The van der Waals surface area contributed by atoms with Gasteiger partial charge in [-0.3, -0.25) is 24.6 Å². The van der Waals surface area contributed by atoms with Gasteiger partial charge in [-0.2, -0.15) is 0 Å². The second-order valence-corrected chi connectivity index (χ2v) is 8.63. The molecule has 2 N–H and O–H groups in total. The second kappa shape index (κ2) is 11.9. The summed E-state index contributed by atoms with van der Waals surface area (Å²) in [5.74, 6) is -0.871. The van der Waals surface area contributed by atoms with Crippen LogP contribution in [0.4, 0.5) is 11.4 Å². The molecule has 1 fully saturated rings. The molecule has 0 aromatic heterocycles. The van der Waals surface area contributed by atoms with Crippen molar-refractivity contribution in [1.29, 1.82) is 0 Å². The van der Waals surface area contributed by atoms with Gasteiger partial charge in [-0.1, -0.05) is 48.5 Å². The number of hydrogen-bond acceptors (Lipinski definition) is 6. The van der Waals surface area contributed by atoms with E-state index in [-0.39, 0.29) is 23.7 Å². The zero-order chi connectivity index (χ0) is 25.3. The quantitative estimate of drug-likeness (QED) is 0.355. The Hall–Kier alpha value is -4.24. The van der Waals surface area contributed by atoms with Crippen molar-refractivity contribution in [2.24, 2.45) is 0 Å². The summed E-state index contributed by atoms with van der Waals surface area (Å²) in [6, 6.07) is 23.8. The number of nitrogens with one attached hydrogen (secondary N) is 2. The van der Waals surface area contributed by atoms with Crippen molar-refractivity contribution in [3.05, 3.63) is 106 Å². The first-order chi connectivity index (χ1) is 17.5. The summed E-state index contributed by atoms with van der Waals surface area (Å²) in [5, 5.41) is 16.3. The highest BCUT2D eigenvalue weighted by molar-refractivity contribution is 5.96. The molecule has 0 saturated carbocycles. The Labute approximate surface area is 209 Å². The third kappa shape index (κ3) is 6.67. The van der Waals surface area contributed by atoms with Gasteiger partial charge in [0.25, 0.3) is 11.6 Å². The number of piperazine rings is 1. The molecular formula is C27H29N5O4. The molecule has 0 aliphatic carbocycles. The summed E-state index contributed by atoms with van der Waals surface area (Å²) >= 11 is 0. The Morgan fingerprint density at radius 1 is 0.833 bits per heavy atom. The van der Waals surface area contributed by atoms with Crippen LogP contribution in [0.1, 0.15) is 21.5 Å². The molecule has 3 aromatic carbocycles. The molecule has 36 heavy (non-hydrogen) atoms. The molecule has 0 radical (unpaired) electrons. The highest BCUT2D eigenvalue weighted by Crippen LogP contribution is 2.18. The van der Waals surface area contributed by atoms with Crippen molar-refractivity contribution in [3.8, 4) is 0 Å². The van der Waals surface area contributed by atoms with Gasteiger partial charge in [0.15, 0.2) is 0 Å². The summed E-state index contributed by atoms with van der Waals surface area (Å²) in [6.07, 6.45) is 0. The Morgan fingerprint density at radius 2 is 1.53 bits per heavy atom. The molecule has 9 heteroatoms. The van der Waals surface area contributed by atoms with Crippen LogP contribution in [0.15, 0.2) is 78.9 Å². The van der Waals surface area contributed by atoms with Crippen LogP contribution in [0.25, 0.3) is 0 Å². The number of carbonyl (C=O) groups excluding carboxylic acids is 2. The number of anilines is 1. The second-order valence-electron chi connectivity index (χ2n) is 8.63. The fraction of sp³-hybridized carbons (Fsp3) is 0.259. The van der Waals surface area contributed by atoms with Gasteiger partial charge < -0.3 is 15.5 Å². The maximum absolute atomic E-state index is 12.3. The van der Waals surface area contributed by atoms with E-state index in [4.69, 9.17) is 0 Å². The predicted octanol–water partition coefficient (Wildman–Crippen LogP) is 2.96. The van der Waals surface area contributed by atoms with Gasteiger partial charge >= 0.3 is 0 Å². The van der Waals surface area contributed by atoms with E-state index in [0.29, 0.717) is 6.54 Å². The fourth-order valence-corrected chi connectivity index (χ4v) is 4.21. The number of hydrogen-bond donors (Lipinski definition) is 2. The van der Waals surface area contributed by atoms with Crippen LogP contribution in [-0.4, -0.2) is 54.4 Å². The molecule has 1 aliphatic heterocycles. The van der Waals surface area contributed by atoms with Crippen LogP contribution in [0.3, 0.4) is 0 Å². The average molecular weight is 488 g/mol. The minimum atomic E-state index is -0.565. The molecule has 2 amide bonds. The topological polar surface area (TPSA) is 108 Å². The van der Waals surface area contributed by atoms with Crippen molar-refractivity contribution < 1.29 is 14.5 Å². The standard InChI is InChI=1S/C27H29N5O4/c33-26(19-29-27(34)21-9-6-12-25(17-21)32(35)36)28-18-22-7-4-5-8-23(22)20-30-13-15-31(16-14-30)24-10-2-1-3-11-24/h1-12,17H,13-16,18-20H2,(H,28,33)(H,29,34). The highest BCUT2D eigenvalue weighted by atomic mass is 16.6. The van der Waals surface area contributed by atoms with Gasteiger partial charge in [-0.15, -0.1) is 0 Å². The molecule has 0 unspecified atom stereocenters. The number of nitrogens with zero attached hydrogens (tertiary/aromatic N) is 3. The molecule has 186 valence electrons. The molecule has 9 nitrogen and oxygen atoms in total. The number of carbonyl (C=O) groups is 2. The zero-order valence-corrected chi connectivity index (χ0v) is 19.9. The molecule has 0 spiro atoms. The summed E-state index contributed by atoms with van der Waals surface area (Å²) in [6.45, 7) is 4.79. The molecule has 4 rings (SSSR count). The van der Waals surface area contributed by atoms with Crippen LogP contribution in [0.2, 0.25) is 0 Å². The Kier molecular flexibility index (Phi) is 8.25. The zero-order valence-electron chi connectivity index (χ0n) is 19.9. The van der Waals surface area contributed by atoms with Crippen LogP contribution in [-0.2, 0) is 17.9 Å². The average Bonchev–Trinajstić information content (AvgIpc) is 2.92. The normalized spacial score (nSPS) is 13.7. The SMILES string of the molecule is O=C(CNC(=O)c1cccc([N+](=O)[O-])c1)NCc1ccccc1CN1CCN(c2ccccc2)CC1. The van der Waals surface area contributed by atoms with Gasteiger partial charge in [-0.05, 0) is 29.3 Å². The van der Waals surface area contributed by atoms with E-state index in [1.807, 2.05) is 24.3 Å². The monoisotopic (exact) mass is 487 g/mol. The van der Waals surface area contributed by atoms with Gasteiger partial charge in [0.05, 0.1) is 11.5 Å². The first-order valence-corrected chi connectivity index (χ1v) is 11.9. The number of rotatable bonds is 9. The van der Waals surface area contributed by atoms with E-state index in [0.717, 1.165) is 43.9 Å². The maximum Gasteiger partial charge on any atom is 0.270 e. The van der Waals surface area contributed by atoms with Crippen molar-refractivity contribution in [3.63, 3.8) is 0 Å². The lowest BCUT2D eigenvalue weighted by Crippen LogP contribution is -2.46. The van der Waals surface area contributed by atoms with Crippen LogP contribution in [0.5, 0.6) is 0 Å². The van der Waals surface area contributed by atoms with E-state index in [2.05, 4.69) is 50.8 Å². The van der Waals surface area contributed by atoms with Gasteiger partial charge in [0.1, 0.15) is 0 Å². The Balaban J connectivity index is 1.25. The van der Waals surface area contributed by atoms with E-state index in [1.165, 1.54) is 30.0 Å². The lowest BCUT2D eigenvalue weighted by Gasteiger charge is -2.36. The van der Waals surface area contributed by atoms with Gasteiger partial charge in [-0.25, -0.2) is 0 Å². The number of nitro benzene ring substituents is 1. The summed E-state index contributed by atoms with van der Waals surface area (Å²) in [7, 11) is 0. The van der Waals surface area contributed by atoms with E-state index >= 15 is 0 Å². The van der Waals surface area contributed by atoms with E-state index in [1.54, 1.807) is 0 Å². The van der Waals surface area contributed by atoms with Crippen LogP contribution >= 0.6 is 0 Å². The minimum Gasteiger partial charge on any atom is -0.369 e. The van der Waals surface area contributed by atoms with E-state index < -0.39 is 10.8 Å². The molecule has 0 atom stereocenters. The smallest absolute Gasteiger partial charge is 0.270 e. The lowest BCUT2D eigenvalue weighted by atomic mass is 10.1. The molecule has 0 bridgehead atoms. The number of benzene rings is 3. The first-order valence-electron chi connectivity index (χ1n) is 11.9. The van der Waals surface area contributed by atoms with Crippen molar-refractivity contribution in [1.82, 2.24) is 15.5 Å². The minimum absolute atomic E-state index is 0.134. The first kappa shape index (κ1) is 24.9. The number of amides is 2. The number of para-hydroxylation sites is 1. The summed E-state index contributed by atoms with van der Waals surface area (Å²) < 4.78 is 0. The Bertz CT molecular complexity index is 1210. The van der Waals surface area contributed by atoms with Crippen LogP contribution < -0.4 is 15.5 Å².